The Morgan fingerprint density at radius 3 is 2.76 bits per heavy atom. The Bertz CT molecular complexity index is 648. The molecule has 0 bridgehead atoms. The molecule has 2 atom stereocenters. The molecule has 5 heteroatoms. The molecule has 0 saturated carbocycles. The fraction of sp³-hybridized carbons (Fsp3) is 0.438. The van der Waals surface area contributed by atoms with Gasteiger partial charge in [-0.1, -0.05) is 6.92 Å². The second-order valence-electron chi connectivity index (χ2n) is 5.33. The number of rotatable bonds is 6. The van der Waals surface area contributed by atoms with Gasteiger partial charge < -0.3 is 14.4 Å². The molecule has 5 nitrogen and oxygen atoms in total. The van der Waals surface area contributed by atoms with Crippen molar-refractivity contribution in [1.82, 2.24) is 9.88 Å². The Balaban J connectivity index is 2.53. The van der Waals surface area contributed by atoms with Crippen molar-refractivity contribution in [3.05, 3.63) is 30.0 Å². The van der Waals surface area contributed by atoms with Crippen LogP contribution >= 0.6 is 0 Å². The van der Waals surface area contributed by atoms with Crippen molar-refractivity contribution in [2.75, 3.05) is 7.11 Å². The van der Waals surface area contributed by atoms with Gasteiger partial charge in [0.05, 0.1) is 7.11 Å². The van der Waals surface area contributed by atoms with E-state index in [0.29, 0.717) is 0 Å². The molecule has 0 aliphatic rings. The first kappa shape index (κ1) is 15.4. The summed E-state index contributed by atoms with van der Waals surface area (Å²) in [5, 5.41) is 13.6. The van der Waals surface area contributed by atoms with Gasteiger partial charge in [0.2, 0.25) is 0 Å². The monoisotopic (exact) mass is 290 g/mol. The number of ether oxygens (including phenoxy) is 1. The van der Waals surface area contributed by atoms with Gasteiger partial charge in [-0.2, -0.15) is 0 Å². The van der Waals surface area contributed by atoms with Gasteiger partial charge in [0, 0.05) is 35.8 Å². The quantitative estimate of drug-likeness (QED) is 0.858. The molecule has 114 valence electrons. The number of aliphatic carboxylic acids is 1. The highest BCUT2D eigenvalue weighted by Crippen LogP contribution is 2.30. The van der Waals surface area contributed by atoms with Gasteiger partial charge >= 0.3 is 5.97 Å². The Morgan fingerprint density at radius 2 is 2.19 bits per heavy atom. The first-order chi connectivity index (χ1) is 9.97. The summed E-state index contributed by atoms with van der Waals surface area (Å²) in [5.41, 5.74) is 1.75. The summed E-state index contributed by atoms with van der Waals surface area (Å²) in [6, 6.07) is 5.12. The third kappa shape index (κ3) is 3.03. The molecule has 2 aromatic rings. The van der Waals surface area contributed by atoms with E-state index in [9.17, 15) is 9.90 Å². The summed E-state index contributed by atoms with van der Waals surface area (Å²) in [6.45, 7) is 4.02. The van der Waals surface area contributed by atoms with Crippen molar-refractivity contribution in [3.8, 4) is 5.75 Å². The molecule has 0 amide bonds. The minimum atomic E-state index is -0.870. The van der Waals surface area contributed by atoms with E-state index in [0.717, 1.165) is 28.6 Å². The molecule has 0 radical (unpaired) electrons. The molecule has 0 saturated heterocycles. The number of hydrogen-bond acceptors (Lipinski definition) is 3. The number of fused-ring (bicyclic) bond motifs is 1. The average Bonchev–Trinajstić information content (AvgIpc) is 2.80. The largest absolute Gasteiger partial charge is 0.497 e. The summed E-state index contributed by atoms with van der Waals surface area (Å²) >= 11 is 0. The van der Waals surface area contributed by atoms with Crippen LogP contribution in [0.1, 0.15) is 31.9 Å². The molecule has 0 aliphatic carbocycles. The normalized spacial score (nSPS) is 14.1. The van der Waals surface area contributed by atoms with Crippen molar-refractivity contribution in [2.24, 2.45) is 7.05 Å². The fourth-order valence-corrected chi connectivity index (χ4v) is 2.46. The number of hydrogen-bond donors (Lipinski definition) is 2. The molecule has 0 fully saturated rings. The molecule has 2 N–H and O–H groups in total. The Hall–Kier alpha value is -2.01. The lowest BCUT2D eigenvalue weighted by Gasteiger charge is -2.18. The van der Waals surface area contributed by atoms with Gasteiger partial charge in [0.25, 0.3) is 0 Å². The van der Waals surface area contributed by atoms with Crippen LogP contribution in [-0.2, 0) is 11.8 Å². The zero-order valence-electron chi connectivity index (χ0n) is 12.9. The number of benzene rings is 1. The zero-order valence-corrected chi connectivity index (χ0v) is 12.9. The maximum absolute atomic E-state index is 11.7. The van der Waals surface area contributed by atoms with Crippen LogP contribution in [0.15, 0.2) is 24.4 Å². The first-order valence-electron chi connectivity index (χ1n) is 7.09. The van der Waals surface area contributed by atoms with Gasteiger partial charge in [-0.25, -0.2) is 0 Å². The van der Waals surface area contributed by atoms with Crippen molar-refractivity contribution in [1.29, 1.82) is 0 Å². The summed E-state index contributed by atoms with van der Waals surface area (Å²) < 4.78 is 7.19. The minimum absolute atomic E-state index is 0.131. The second-order valence-corrected chi connectivity index (χ2v) is 5.33. The number of methoxy groups -OCH3 is 1. The van der Waals surface area contributed by atoms with Crippen LogP contribution in [0.5, 0.6) is 5.75 Å². The fourth-order valence-electron chi connectivity index (χ4n) is 2.46. The Labute approximate surface area is 124 Å². The van der Waals surface area contributed by atoms with E-state index in [1.54, 1.807) is 7.11 Å². The summed E-state index contributed by atoms with van der Waals surface area (Å²) in [5.74, 6) is -0.145. The minimum Gasteiger partial charge on any atom is -0.497 e. The van der Waals surface area contributed by atoms with E-state index < -0.39 is 12.0 Å². The van der Waals surface area contributed by atoms with Gasteiger partial charge in [-0.05, 0) is 31.5 Å². The smallest absolute Gasteiger partial charge is 0.325 e. The number of aryl methyl sites for hydroxylation is 1. The number of nitrogens with zero attached hydrogens (tertiary/aromatic N) is 1. The van der Waals surface area contributed by atoms with Crippen molar-refractivity contribution in [3.63, 3.8) is 0 Å². The van der Waals surface area contributed by atoms with Crippen molar-refractivity contribution in [2.45, 2.75) is 32.4 Å². The van der Waals surface area contributed by atoms with Gasteiger partial charge in [-0.3, -0.25) is 10.1 Å². The van der Waals surface area contributed by atoms with E-state index in [4.69, 9.17) is 4.74 Å². The Kier molecular flexibility index (Phi) is 4.53. The molecule has 0 aliphatic heterocycles. The van der Waals surface area contributed by atoms with Crippen LogP contribution in [-0.4, -0.2) is 28.8 Å². The molecule has 2 unspecified atom stereocenters. The van der Waals surface area contributed by atoms with E-state index >= 15 is 0 Å². The van der Waals surface area contributed by atoms with Crippen LogP contribution in [0.3, 0.4) is 0 Å². The number of carbonyl (C=O) groups is 1. The van der Waals surface area contributed by atoms with Crippen LogP contribution in [0.25, 0.3) is 10.9 Å². The van der Waals surface area contributed by atoms with Gasteiger partial charge in [0.1, 0.15) is 11.8 Å². The zero-order chi connectivity index (χ0) is 15.6. The second kappa shape index (κ2) is 6.18. The van der Waals surface area contributed by atoms with Crippen molar-refractivity contribution >= 4 is 16.9 Å². The summed E-state index contributed by atoms with van der Waals surface area (Å²) in [6.07, 6.45) is 2.75. The molecular formula is C16H22N2O3. The topological polar surface area (TPSA) is 63.5 Å². The summed E-state index contributed by atoms with van der Waals surface area (Å²) in [4.78, 5) is 11.7. The van der Waals surface area contributed by atoms with Crippen molar-refractivity contribution < 1.29 is 14.6 Å². The molecule has 1 aromatic heterocycles. The molecular weight excluding hydrogens is 268 g/mol. The third-order valence-electron chi connectivity index (χ3n) is 3.85. The average molecular weight is 290 g/mol. The maximum Gasteiger partial charge on any atom is 0.325 e. The predicted octanol–water partition coefficient (Wildman–Crippen LogP) is 2.70. The van der Waals surface area contributed by atoms with E-state index in [2.05, 4.69) is 5.32 Å². The molecule has 21 heavy (non-hydrogen) atoms. The van der Waals surface area contributed by atoms with E-state index in [1.165, 1.54) is 0 Å². The van der Waals surface area contributed by atoms with Gasteiger partial charge in [-0.15, -0.1) is 0 Å². The van der Waals surface area contributed by atoms with E-state index in [1.807, 2.05) is 49.9 Å². The van der Waals surface area contributed by atoms with Crippen LogP contribution < -0.4 is 10.1 Å². The highest BCUT2D eigenvalue weighted by Gasteiger charge is 2.25. The van der Waals surface area contributed by atoms with Crippen LogP contribution in [0.4, 0.5) is 0 Å². The molecule has 1 aromatic carbocycles. The number of carboxylic acids is 1. The standard InChI is InChI=1S/C16H22N2O3/c1-5-10(2)17-15(16(19)20)13-9-18(3)14-7-6-11(21-4)8-12(13)14/h6-10,15,17H,5H2,1-4H3,(H,19,20). The van der Waals surface area contributed by atoms with E-state index in [-0.39, 0.29) is 6.04 Å². The highest BCUT2D eigenvalue weighted by atomic mass is 16.5. The third-order valence-corrected chi connectivity index (χ3v) is 3.85. The van der Waals surface area contributed by atoms with Crippen LogP contribution in [0, 0.1) is 0 Å². The lowest BCUT2D eigenvalue weighted by Crippen LogP contribution is -2.34. The number of nitrogens with one attached hydrogen (secondary N) is 1. The molecule has 0 spiro atoms. The molecule has 1 heterocycles. The SMILES string of the molecule is CCC(C)NC(C(=O)O)c1cn(C)c2ccc(OC)cc12. The Morgan fingerprint density at radius 1 is 1.48 bits per heavy atom. The highest BCUT2D eigenvalue weighted by molar-refractivity contribution is 5.90. The lowest BCUT2D eigenvalue weighted by molar-refractivity contribution is -0.139. The van der Waals surface area contributed by atoms with Crippen LogP contribution in [0.2, 0.25) is 0 Å². The summed E-state index contributed by atoms with van der Waals surface area (Å²) in [7, 11) is 3.52. The lowest BCUT2D eigenvalue weighted by atomic mass is 10.0. The predicted molar refractivity (Wildman–Crippen MR) is 82.7 cm³/mol. The number of carboxylic acid groups (broad SMARTS) is 1. The maximum atomic E-state index is 11.7. The molecule has 2 rings (SSSR count). The number of aromatic nitrogens is 1. The van der Waals surface area contributed by atoms with Gasteiger partial charge in [0.15, 0.2) is 0 Å². The first-order valence-corrected chi connectivity index (χ1v) is 7.09.